The topological polar surface area (TPSA) is 50.7 Å². The van der Waals surface area contributed by atoms with Gasteiger partial charge in [0.25, 0.3) is 5.91 Å². The average Bonchev–Trinajstić information content (AvgIpc) is 2.46. The summed E-state index contributed by atoms with van der Waals surface area (Å²) >= 11 is 13.8. The molecule has 4 nitrogen and oxygen atoms in total. The lowest BCUT2D eigenvalue weighted by Crippen LogP contribution is -2.24. The minimum Gasteiger partial charge on any atom is -0.483 e. The minimum atomic E-state index is -0.357. The van der Waals surface area contributed by atoms with Gasteiger partial charge in [-0.25, -0.2) is 5.43 Å². The van der Waals surface area contributed by atoms with Crippen molar-refractivity contribution in [3.63, 3.8) is 0 Å². The molecule has 0 aliphatic rings. The number of benzene rings is 2. The molecule has 2 rings (SSSR count). The number of carbonyl (C=O) groups excluding carboxylic acids is 1. The highest BCUT2D eigenvalue weighted by atomic mass is 127. The quantitative estimate of drug-likeness (QED) is 0.424. The van der Waals surface area contributed by atoms with E-state index in [0.717, 1.165) is 9.13 Å². The second-order valence-electron chi connectivity index (χ2n) is 4.21. The zero-order chi connectivity index (χ0) is 15.9. The minimum absolute atomic E-state index is 0.134. The van der Waals surface area contributed by atoms with Crippen LogP contribution in [0, 0.1) is 3.57 Å². The SMILES string of the molecule is O=C(COc1ccc(Cl)cc1I)N/N=C\c1cccc(Cl)c1. The highest BCUT2D eigenvalue weighted by Crippen LogP contribution is 2.24. The van der Waals surface area contributed by atoms with Gasteiger partial charge in [-0.15, -0.1) is 0 Å². The van der Waals surface area contributed by atoms with Gasteiger partial charge in [-0.05, 0) is 58.5 Å². The number of ether oxygens (including phenoxy) is 1. The molecule has 0 saturated heterocycles. The number of amides is 1. The zero-order valence-electron chi connectivity index (χ0n) is 11.2. The van der Waals surface area contributed by atoms with Crippen LogP contribution >= 0.6 is 45.8 Å². The number of nitrogens with zero attached hydrogens (tertiary/aromatic N) is 1. The normalized spacial score (nSPS) is 10.7. The predicted octanol–water partition coefficient (Wildman–Crippen LogP) is 4.13. The molecule has 0 bridgehead atoms. The smallest absolute Gasteiger partial charge is 0.277 e. The van der Waals surface area contributed by atoms with Crippen molar-refractivity contribution in [2.45, 2.75) is 0 Å². The molecule has 0 fully saturated rings. The molecule has 0 aromatic heterocycles. The second kappa shape index (κ2) is 8.36. The fourth-order valence-electron chi connectivity index (χ4n) is 1.53. The number of hydrogen-bond donors (Lipinski definition) is 1. The van der Waals surface area contributed by atoms with Gasteiger partial charge in [-0.3, -0.25) is 4.79 Å². The Morgan fingerprint density at radius 2 is 2.00 bits per heavy atom. The molecule has 7 heteroatoms. The molecule has 1 N–H and O–H groups in total. The number of hydrazone groups is 1. The van der Waals surface area contributed by atoms with Crippen LogP contribution in [0.25, 0.3) is 0 Å². The lowest BCUT2D eigenvalue weighted by Gasteiger charge is -2.07. The lowest BCUT2D eigenvalue weighted by molar-refractivity contribution is -0.123. The predicted molar refractivity (Wildman–Crippen MR) is 96.9 cm³/mol. The van der Waals surface area contributed by atoms with E-state index in [1.165, 1.54) is 6.21 Å². The van der Waals surface area contributed by atoms with E-state index in [2.05, 4.69) is 33.1 Å². The summed E-state index contributed by atoms with van der Waals surface area (Å²) in [6.45, 7) is -0.134. The first-order valence-corrected chi connectivity index (χ1v) is 8.03. The summed E-state index contributed by atoms with van der Waals surface area (Å²) in [5.41, 5.74) is 3.18. The van der Waals surface area contributed by atoms with Crippen LogP contribution in [0.5, 0.6) is 5.75 Å². The van der Waals surface area contributed by atoms with Gasteiger partial charge in [0.2, 0.25) is 0 Å². The van der Waals surface area contributed by atoms with Gasteiger partial charge in [0.15, 0.2) is 6.61 Å². The van der Waals surface area contributed by atoms with Crippen molar-refractivity contribution in [1.29, 1.82) is 0 Å². The van der Waals surface area contributed by atoms with E-state index < -0.39 is 0 Å². The number of carbonyl (C=O) groups is 1. The molecule has 22 heavy (non-hydrogen) atoms. The first-order chi connectivity index (χ1) is 10.5. The summed E-state index contributed by atoms with van der Waals surface area (Å²) in [5, 5.41) is 5.07. The van der Waals surface area contributed by atoms with Crippen LogP contribution in [0.15, 0.2) is 47.6 Å². The Kier molecular flexibility index (Phi) is 6.48. The Balaban J connectivity index is 1.83. The van der Waals surface area contributed by atoms with Crippen LogP contribution in [0.1, 0.15) is 5.56 Å². The monoisotopic (exact) mass is 448 g/mol. The molecule has 0 atom stereocenters. The maximum Gasteiger partial charge on any atom is 0.277 e. The molecule has 2 aromatic rings. The van der Waals surface area contributed by atoms with Crippen LogP contribution in [0.4, 0.5) is 0 Å². The fraction of sp³-hybridized carbons (Fsp3) is 0.0667. The standard InChI is InChI=1S/C15H11Cl2IN2O2/c16-11-3-1-2-10(6-11)8-19-20-15(21)9-22-14-5-4-12(17)7-13(14)18/h1-8H,9H2,(H,20,21)/b19-8-. The molecule has 0 unspecified atom stereocenters. The van der Waals surface area contributed by atoms with Crippen molar-refractivity contribution in [1.82, 2.24) is 5.43 Å². The van der Waals surface area contributed by atoms with Crippen LogP contribution in [-0.2, 0) is 4.79 Å². The summed E-state index contributed by atoms with van der Waals surface area (Å²) in [4.78, 5) is 11.6. The fourth-order valence-corrected chi connectivity index (χ4v) is 2.76. The zero-order valence-corrected chi connectivity index (χ0v) is 14.9. The van der Waals surface area contributed by atoms with E-state index in [4.69, 9.17) is 27.9 Å². The summed E-state index contributed by atoms with van der Waals surface area (Å²) in [5.74, 6) is 0.239. The highest BCUT2D eigenvalue weighted by Gasteiger charge is 2.05. The Bertz CT molecular complexity index is 708. The van der Waals surface area contributed by atoms with E-state index in [9.17, 15) is 4.79 Å². The molecule has 1 amide bonds. The third-order valence-electron chi connectivity index (χ3n) is 2.50. The van der Waals surface area contributed by atoms with Crippen molar-refractivity contribution >= 4 is 57.9 Å². The van der Waals surface area contributed by atoms with Gasteiger partial charge in [0, 0.05) is 10.0 Å². The van der Waals surface area contributed by atoms with Crippen molar-refractivity contribution in [2.75, 3.05) is 6.61 Å². The van der Waals surface area contributed by atoms with Gasteiger partial charge >= 0.3 is 0 Å². The first-order valence-electron chi connectivity index (χ1n) is 6.20. The molecular weight excluding hydrogens is 438 g/mol. The average molecular weight is 449 g/mol. The number of nitrogens with one attached hydrogen (secondary N) is 1. The van der Waals surface area contributed by atoms with E-state index in [1.54, 1.807) is 36.4 Å². The van der Waals surface area contributed by atoms with Crippen molar-refractivity contribution < 1.29 is 9.53 Å². The molecule has 0 spiro atoms. The molecule has 0 saturated carbocycles. The third kappa shape index (κ3) is 5.47. The summed E-state index contributed by atoms with van der Waals surface area (Å²) < 4.78 is 6.24. The number of rotatable bonds is 5. The number of hydrogen-bond acceptors (Lipinski definition) is 3. The van der Waals surface area contributed by atoms with Gasteiger partial charge in [-0.1, -0.05) is 35.3 Å². The number of halogens is 3. The Hall–Kier alpha value is -1.31. The van der Waals surface area contributed by atoms with E-state index in [0.29, 0.717) is 15.8 Å². The van der Waals surface area contributed by atoms with Crippen LogP contribution < -0.4 is 10.2 Å². The highest BCUT2D eigenvalue weighted by molar-refractivity contribution is 14.1. The summed E-state index contributed by atoms with van der Waals surface area (Å²) in [7, 11) is 0. The molecule has 0 aliphatic carbocycles. The van der Waals surface area contributed by atoms with E-state index in [1.807, 2.05) is 6.07 Å². The van der Waals surface area contributed by atoms with Crippen LogP contribution in [0.3, 0.4) is 0 Å². The van der Waals surface area contributed by atoms with Gasteiger partial charge < -0.3 is 4.74 Å². The molecular formula is C15H11Cl2IN2O2. The van der Waals surface area contributed by atoms with Crippen LogP contribution in [0.2, 0.25) is 10.0 Å². The van der Waals surface area contributed by atoms with Gasteiger partial charge in [0.05, 0.1) is 9.78 Å². The maximum atomic E-state index is 11.6. The molecule has 114 valence electrons. The van der Waals surface area contributed by atoms with E-state index in [-0.39, 0.29) is 12.5 Å². The molecule has 0 radical (unpaired) electrons. The first kappa shape index (κ1) is 17.1. The largest absolute Gasteiger partial charge is 0.483 e. The third-order valence-corrected chi connectivity index (χ3v) is 3.82. The van der Waals surface area contributed by atoms with Crippen molar-refractivity contribution in [2.24, 2.45) is 5.10 Å². The van der Waals surface area contributed by atoms with Gasteiger partial charge in [0.1, 0.15) is 5.75 Å². The van der Waals surface area contributed by atoms with Crippen molar-refractivity contribution in [3.8, 4) is 5.75 Å². The summed E-state index contributed by atoms with van der Waals surface area (Å²) in [6, 6.07) is 12.3. The van der Waals surface area contributed by atoms with Crippen LogP contribution in [-0.4, -0.2) is 18.7 Å². The second-order valence-corrected chi connectivity index (χ2v) is 6.25. The maximum absolute atomic E-state index is 11.6. The Morgan fingerprint density at radius 3 is 2.73 bits per heavy atom. The Morgan fingerprint density at radius 1 is 1.23 bits per heavy atom. The van der Waals surface area contributed by atoms with E-state index >= 15 is 0 Å². The molecule has 0 aliphatic heterocycles. The van der Waals surface area contributed by atoms with Crippen molar-refractivity contribution in [3.05, 3.63) is 61.6 Å². The lowest BCUT2D eigenvalue weighted by atomic mass is 10.2. The summed E-state index contributed by atoms with van der Waals surface area (Å²) in [6.07, 6.45) is 1.51. The molecule has 2 aromatic carbocycles. The Labute approximate surface area is 151 Å². The van der Waals surface area contributed by atoms with Gasteiger partial charge in [-0.2, -0.15) is 5.10 Å². The molecule has 0 heterocycles.